The number of hydrogen-bond donors (Lipinski definition) is 1. The number of esters is 1. The highest BCUT2D eigenvalue weighted by Gasteiger charge is 2.31. The number of fused-ring (bicyclic) bond motifs is 1. The maximum Gasteiger partial charge on any atom is 0.314 e. The summed E-state index contributed by atoms with van der Waals surface area (Å²) in [4.78, 5) is 31.8. The first kappa shape index (κ1) is 15.1. The van der Waals surface area contributed by atoms with Crippen molar-refractivity contribution in [2.45, 2.75) is 25.2 Å². The Morgan fingerprint density at radius 2 is 2.00 bits per heavy atom. The molecular formula is C16H23N3O3. The minimum atomic E-state index is -0.261. The van der Waals surface area contributed by atoms with E-state index in [9.17, 15) is 9.59 Å². The monoisotopic (exact) mass is 305 g/mol. The summed E-state index contributed by atoms with van der Waals surface area (Å²) in [5.74, 6) is -0.449. The van der Waals surface area contributed by atoms with Crippen LogP contribution in [0.1, 0.15) is 40.5 Å². The summed E-state index contributed by atoms with van der Waals surface area (Å²) in [6, 6.07) is 1.92. The van der Waals surface area contributed by atoms with Crippen molar-refractivity contribution in [3.05, 3.63) is 23.0 Å². The SMILES string of the molecule is COC(=O)C1CCCc2cc(C(=O)N3CCN(C)CC3)[nH]c21. The van der Waals surface area contributed by atoms with Crippen molar-refractivity contribution >= 4 is 11.9 Å². The maximum absolute atomic E-state index is 12.6. The minimum absolute atomic E-state index is 0.0334. The molecule has 2 heterocycles. The molecule has 0 bridgehead atoms. The second-order valence-electron chi connectivity index (χ2n) is 6.19. The third kappa shape index (κ3) is 2.75. The molecule has 0 spiro atoms. The number of hydrogen-bond acceptors (Lipinski definition) is 4. The van der Waals surface area contributed by atoms with E-state index in [0.717, 1.165) is 56.7 Å². The van der Waals surface area contributed by atoms with Crippen LogP contribution in [0.15, 0.2) is 6.07 Å². The molecule has 1 aliphatic heterocycles. The molecule has 1 aliphatic carbocycles. The van der Waals surface area contributed by atoms with E-state index < -0.39 is 0 Å². The summed E-state index contributed by atoms with van der Waals surface area (Å²) in [6.45, 7) is 3.30. The highest BCUT2D eigenvalue weighted by atomic mass is 16.5. The standard InChI is InChI=1S/C16H23N3O3/c1-18-6-8-19(9-7-18)15(20)13-10-11-4-3-5-12(14(11)17-13)16(21)22-2/h10,12,17H,3-9H2,1-2H3. The van der Waals surface area contributed by atoms with Crippen LogP contribution in [0.3, 0.4) is 0 Å². The molecular weight excluding hydrogens is 282 g/mol. The van der Waals surface area contributed by atoms with E-state index in [-0.39, 0.29) is 17.8 Å². The maximum atomic E-state index is 12.6. The summed E-state index contributed by atoms with van der Waals surface area (Å²) in [5, 5.41) is 0. The van der Waals surface area contributed by atoms with Crippen LogP contribution < -0.4 is 0 Å². The van der Waals surface area contributed by atoms with Gasteiger partial charge in [0.2, 0.25) is 0 Å². The molecule has 22 heavy (non-hydrogen) atoms. The number of amides is 1. The van der Waals surface area contributed by atoms with Gasteiger partial charge >= 0.3 is 5.97 Å². The fraction of sp³-hybridized carbons (Fsp3) is 0.625. The zero-order chi connectivity index (χ0) is 15.7. The Morgan fingerprint density at radius 3 is 2.68 bits per heavy atom. The van der Waals surface area contributed by atoms with Gasteiger partial charge in [0.05, 0.1) is 13.0 Å². The topological polar surface area (TPSA) is 65.6 Å². The second-order valence-corrected chi connectivity index (χ2v) is 6.19. The Balaban J connectivity index is 1.80. The van der Waals surface area contributed by atoms with Crippen molar-refractivity contribution in [2.75, 3.05) is 40.3 Å². The van der Waals surface area contributed by atoms with E-state index in [2.05, 4.69) is 16.9 Å². The van der Waals surface area contributed by atoms with Crippen LogP contribution in [0.4, 0.5) is 0 Å². The van der Waals surface area contributed by atoms with Crippen molar-refractivity contribution in [3.8, 4) is 0 Å². The lowest BCUT2D eigenvalue weighted by atomic mass is 9.88. The molecule has 0 saturated carbocycles. The highest BCUT2D eigenvalue weighted by Crippen LogP contribution is 2.32. The summed E-state index contributed by atoms with van der Waals surface area (Å²) in [6.07, 6.45) is 2.64. The van der Waals surface area contributed by atoms with Crippen LogP contribution >= 0.6 is 0 Å². The lowest BCUT2D eigenvalue weighted by Crippen LogP contribution is -2.47. The average molecular weight is 305 g/mol. The number of nitrogens with one attached hydrogen (secondary N) is 1. The predicted molar refractivity (Wildman–Crippen MR) is 81.9 cm³/mol. The normalized spacial score (nSPS) is 22.3. The third-order valence-electron chi connectivity index (χ3n) is 4.73. The summed E-state index contributed by atoms with van der Waals surface area (Å²) in [7, 11) is 3.48. The number of rotatable bonds is 2. The van der Waals surface area contributed by atoms with Gasteiger partial charge in [-0.25, -0.2) is 0 Å². The number of methoxy groups -OCH3 is 1. The van der Waals surface area contributed by atoms with Crippen molar-refractivity contribution in [3.63, 3.8) is 0 Å². The van der Waals surface area contributed by atoms with E-state index in [4.69, 9.17) is 4.74 Å². The Labute approximate surface area is 130 Å². The van der Waals surface area contributed by atoms with E-state index in [1.165, 1.54) is 7.11 Å². The quantitative estimate of drug-likeness (QED) is 0.828. The summed E-state index contributed by atoms with van der Waals surface area (Å²) < 4.78 is 4.88. The molecule has 1 N–H and O–H groups in total. The number of nitrogens with zero attached hydrogens (tertiary/aromatic N) is 2. The molecule has 1 unspecified atom stereocenters. The zero-order valence-corrected chi connectivity index (χ0v) is 13.2. The fourth-order valence-corrected chi connectivity index (χ4v) is 3.35. The number of carbonyl (C=O) groups is 2. The van der Waals surface area contributed by atoms with Gasteiger partial charge in [-0.3, -0.25) is 9.59 Å². The number of piperazine rings is 1. The average Bonchev–Trinajstić information content (AvgIpc) is 2.98. The molecule has 0 radical (unpaired) electrons. The lowest BCUT2D eigenvalue weighted by molar-refractivity contribution is -0.142. The van der Waals surface area contributed by atoms with Gasteiger partial charge < -0.3 is 19.5 Å². The number of aromatic nitrogens is 1. The summed E-state index contributed by atoms with van der Waals surface area (Å²) >= 11 is 0. The smallest absolute Gasteiger partial charge is 0.314 e. The number of ether oxygens (including phenoxy) is 1. The summed E-state index contributed by atoms with van der Waals surface area (Å²) in [5.41, 5.74) is 2.56. The van der Waals surface area contributed by atoms with Crippen LogP contribution in [0.2, 0.25) is 0 Å². The van der Waals surface area contributed by atoms with Gasteiger partial charge in [-0.15, -0.1) is 0 Å². The van der Waals surface area contributed by atoms with Crippen LogP contribution in [-0.4, -0.2) is 67.0 Å². The van der Waals surface area contributed by atoms with E-state index in [1.807, 2.05) is 11.0 Å². The number of carbonyl (C=O) groups excluding carboxylic acids is 2. The third-order valence-corrected chi connectivity index (χ3v) is 4.73. The Morgan fingerprint density at radius 1 is 1.27 bits per heavy atom. The van der Waals surface area contributed by atoms with E-state index in [0.29, 0.717) is 5.69 Å². The van der Waals surface area contributed by atoms with Crippen LogP contribution in [-0.2, 0) is 16.0 Å². The minimum Gasteiger partial charge on any atom is -0.469 e. The Bertz CT molecular complexity index is 573. The first-order valence-corrected chi connectivity index (χ1v) is 7.87. The number of likely N-dealkylation sites (N-methyl/N-ethyl adjacent to an activating group) is 1. The molecule has 1 aromatic rings. The van der Waals surface area contributed by atoms with Crippen molar-refractivity contribution in [1.29, 1.82) is 0 Å². The zero-order valence-electron chi connectivity index (χ0n) is 13.2. The Kier molecular flexibility index (Phi) is 4.20. The molecule has 1 atom stereocenters. The molecule has 3 rings (SSSR count). The van der Waals surface area contributed by atoms with Gasteiger partial charge in [0.15, 0.2) is 0 Å². The molecule has 2 aliphatic rings. The molecule has 1 aromatic heterocycles. The second kappa shape index (κ2) is 6.12. The predicted octanol–water partition coefficient (Wildman–Crippen LogP) is 0.995. The van der Waals surface area contributed by atoms with Crippen molar-refractivity contribution in [1.82, 2.24) is 14.8 Å². The molecule has 1 amide bonds. The van der Waals surface area contributed by atoms with E-state index in [1.54, 1.807) is 0 Å². The van der Waals surface area contributed by atoms with Gasteiger partial charge in [0.25, 0.3) is 5.91 Å². The lowest BCUT2D eigenvalue weighted by Gasteiger charge is -2.32. The number of aryl methyl sites for hydroxylation is 1. The van der Waals surface area contributed by atoms with E-state index >= 15 is 0 Å². The molecule has 1 saturated heterocycles. The molecule has 1 fully saturated rings. The van der Waals surface area contributed by atoms with Gasteiger partial charge in [-0.1, -0.05) is 0 Å². The number of H-pyrrole nitrogens is 1. The van der Waals surface area contributed by atoms with Crippen molar-refractivity contribution in [2.24, 2.45) is 0 Å². The van der Waals surface area contributed by atoms with Crippen LogP contribution in [0, 0.1) is 0 Å². The van der Waals surface area contributed by atoms with Gasteiger partial charge in [0.1, 0.15) is 5.69 Å². The molecule has 120 valence electrons. The van der Waals surface area contributed by atoms with Gasteiger partial charge in [-0.2, -0.15) is 0 Å². The fourth-order valence-electron chi connectivity index (χ4n) is 3.35. The van der Waals surface area contributed by atoms with Gasteiger partial charge in [0, 0.05) is 31.9 Å². The first-order chi connectivity index (χ1) is 10.6. The van der Waals surface area contributed by atoms with Gasteiger partial charge in [-0.05, 0) is 37.9 Å². The molecule has 6 heteroatoms. The molecule has 6 nitrogen and oxygen atoms in total. The van der Waals surface area contributed by atoms with Crippen LogP contribution in [0.5, 0.6) is 0 Å². The highest BCUT2D eigenvalue weighted by molar-refractivity contribution is 5.93. The molecule has 0 aromatic carbocycles. The Hall–Kier alpha value is -1.82. The first-order valence-electron chi connectivity index (χ1n) is 7.87. The van der Waals surface area contributed by atoms with Crippen molar-refractivity contribution < 1.29 is 14.3 Å². The largest absolute Gasteiger partial charge is 0.469 e. The van der Waals surface area contributed by atoms with Crippen LogP contribution in [0.25, 0.3) is 0 Å². The number of aromatic amines is 1.